The van der Waals surface area contributed by atoms with E-state index in [1.54, 1.807) is 0 Å². The molecule has 0 radical (unpaired) electrons. The van der Waals surface area contributed by atoms with Crippen LogP contribution in [0.5, 0.6) is 0 Å². The molecule has 48 heavy (non-hydrogen) atoms. The number of carbonyl (C=O) groups is 2. The van der Waals surface area contributed by atoms with Gasteiger partial charge in [-0.05, 0) is 25.7 Å². The molecule has 1 N–H and O–H groups in total. The lowest BCUT2D eigenvalue weighted by molar-refractivity contribution is -0.152. The molecule has 4 nitrogen and oxygen atoms in total. The maximum Gasteiger partial charge on any atom is 0.306 e. The minimum atomic E-state index is -0.930. The molecule has 286 valence electrons. The Morgan fingerprint density at radius 3 is 0.833 bits per heavy atom. The fourth-order valence-electron chi connectivity index (χ4n) is 7.09. The van der Waals surface area contributed by atoms with E-state index in [-0.39, 0.29) is 24.9 Å². The SMILES string of the molecule is CCCCCCCCCCCCCCCCCCCCCC(CCCCCCCCCCCCCCCCCC)OC(=O)CCC(=O)O. The maximum atomic E-state index is 12.2. The van der Waals surface area contributed by atoms with Crippen LogP contribution in [0.1, 0.15) is 264 Å². The molecule has 0 aromatic carbocycles. The van der Waals surface area contributed by atoms with Crippen molar-refractivity contribution in [3.63, 3.8) is 0 Å². The molecule has 0 saturated heterocycles. The molecule has 0 aliphatic rings. The number of esters is 1. The first-order valence-corrected chi connectivity index (χ1v) is 22.0. The highest BCUT2D eigenvalue weighted by atomic mass is 16.5. The van der Waals surface area contributed by atoms with Crippen LogP contribution in [0, 0.1) is 0 Å². The molecule has 0 aliphatic heterocycles. The van der Waals surface area contributed by atoms with Crippen LogP contribution < -0.4 is 0 Å². The average molecular weight is 679 g/mol. The van der Waals surface area contributed by atoms with Crippen molar-refractivity contribution in [1.82, 2.24) is 0 Å². The van der Waals surface area contributed by atoms with E-state index >= 15 is 0 Å². The van der Waals surface area contributed by atoms with Crippen LogP contribution in [0.15, 0.2) is 0 Å². The van der Waals surface area contributed by atoms with Crippen molar-refractivity contribution in [3.8, 4) is 0 Å². The van der Waals surface area contributed by atoms with Gasteiger partial charge in [-0.3, -0.25) is 9.59 Å². The highest BCUT2D eigenvalue weighted by molar-refractivity contribution is 5.76. The zero-order valence-electron chi connectivity index (χ0n) is 32.8. The van der Waals surface area contributed by atoms with Crippen molar-refractivity contribution < 1.29 is 19.4 Å². The van der Waals surface area contributed by atoms with Gasteiger partial charge >= 0.3 is 11.9 Å². The molecule has 0 aliphatic carbocycles. The van der Waals surface area contributed by atoms with Crippen molar-refractivity contribution in [3.05, 3.63) is 0 Å². The molecule has 0 aromatic heterocycles. The number of ether oxygens (including phenoxy) is 1. The topological polar surface area (TPSA) is 63.6 Å². The molecule has 0 heterocycles. The van der Waals surface area contributed by atoms with E-state index in [0.717, 1.165) is 25.7 Å². The summed E-state index contributed by atoms with van der Waals surface area (Å²) in [5.74, 6) is -1.27. The molecular weight excluding hydrogens is 592 g/mol. The molecular formula is C44H86O4. The Kier molecular flexibility index (Phi) is 39.5. The fraction of sp³-hybridized carbons (Fsp3) is 0.955. The highest BCUT2D eigenvalue weighted by Crippen LogP contribution is 2.19. The van der Waals surface area contributed by atoms with Gasteiger partial charge in [-0.1, -0.05) is 226 Å². The normalized spacial score (nSPS) is 12.0. The minimum absolute atomic E-state index is 0.00993. The first-order chi connectivity index (χ1) is 23.6. The lowest BCUT2D eigenvalue weighted by Gasteiger charge is -2.18. The Morgan fingerprint density at radius 2 is 0.604 bits per heavy atom. The third-order valence-electron chi connectivity index (χ3n) is 10.4. The number of carbonyl (C=O) groups excluding carboxylic acids is 1. The van der Waals surface area contributed by atoms with Crippen molar-refractivity contribution in [2.24, 2.45) is 0 Å². The third-order valence-corrected chi connectivity index (χ3v) is 10.4. The Hall–Kier alpha value is -1.06. The van der Waals surface area contributed by atoms with Gasteiger partial charge in [0.2, 0.25) is 0 Å². The predicted octanol–water partition coefficient (Wildman–Crippen LogP) is 15.2. The van der Waals surface area contributed by atoms with Gasteiger partial charge in [0, 0.05) is 0 Å². The van der Waals surface area contributed by atoms with Crippen molar-refractivity contribution >= 4 is 11.9 Å². The van der Waals surface area contributed by atoms with Gasteiger partial charge in [0.15, 0.2) is 0 Å². The molecule has 1 unspecified atom stereocenters. The van der Waals surface area contributed by atoms with Crippen LogP contribution in [0.3, 0.4) is 0 Å². The number of rotatable bonds is 41. The molecule has 0 spiro atoms. The van der Waals surface area contributed by atoms with E-state index in [9.17, 15) is 9.59 Å². The predicted molar refractivity (Wildman–Crippen MR) is 209 cm³/mol. The van der Waals surface area contributed by atoms with Crippen molar-refractivity contribution in [1.29, 1.82) is 0 Å². The van der Waals surface area contributed by atoms with Gasteiger partial charge in [0.05, 0.1) is 12.8 Å². The monoisotopic (exact) mass is 679 g/mol. The van der Waals surface area contributed by atoms with Crippen LogP contribution in [-0.4, -0.2) is 23.1 Å². The number of aliphatic carboxylic acids is 1. The van der Waals surface area contributed by atoms with Crippen LogP contribution in [-0.2, 0) is 14.3 Å². The largest absolute Gasteiger partial charge is 0.481 e. The number of unbranched alkanes of at least 4 members (excludes halogenated alkanes) is 33. The minimum Gasteiger partial charge on any atom is -0.481 e. The standard InChI is InChI=1S/C44H86O4/c1-3-5-7-9-11-13-15-17-19-21-22-23-25-27-29-31-33-35-37-39-42(48-44(47)41-40-43(45)46)38-36-34-32-30-28-26-24-20-18-16-14-12-10-8-6-4-2/h42H,3-41H2,1-2H3,(H,45,46). The number of carboxylic acid groups (broad SMARTS) is 1. The lowest BCUT2D eigenvalue weighted by atomic mass is 10.0. The van der Waals surface area contributed by atoms with Crippen LogP contribution in [0.25, 0.3) is 0 Å². The van der Waals surface area contributed by atoms with E-state index in [2.05, 4.69) is 13.8 Å². The molecule has 0 fully saturated rings. The second kappa shape index (κ2) is 40.4. The van der Waals surface area contributed by atoms with Crippen LogP contribution in [0.4, 0.5) is 0 Å². The number of hydrogen-bond acceptors (Lipinski definition) is 3. The second-order valence-electron chi connectivity index (χ2n) is 15.3. The van der Waals surface area contributed by atoms with E-state index in [4.69, 9.17) is 9.84 Å². The van der Waals surface area contributed by atoms with Gasteiger partial charge in [-0.15, -0.1) is 0 Å². The van der Waals surface area contributed by atoms with Gasteiger partial charge in [0.1, 0.15) is 6.10 Å². The molecule has 4 heteroatoms. The Labute approximate surface area is 301 Å². The zero-order valence-corrected chi connectivity index (χ0v) is 32.8. The van der Waals surface area contributed by atoms with E-state index < -0.39 is 5.97 Å². The van der Waals surface area contributed by atoms with Gasteiger partial charge in [-0.2, -0.15) is 0 Å². The van der Waals surface area contributed by atoms with Crippen molar-refractivity contribution in [2.45, 2.75) is 270 Å². The molecule has 0 saturated carbocycles. The number of hydrogen-bond donors (Lipinski definition) is 1. The zero-order chi connectivity index (χ0) is 35.0. The Morgan fingerprint density at radius 1 is 0.375 bits per heavy atom. The summed E-state index contributed by atoms with van der Waals surface area (Å²) < 4.78 is 5.76. The number of carboxylic acids is 1. The van der Waals surface area contributed by atoms with Crippen molar-refractivity contribution in [2.75, 3.05) is 0 Å². The summed E-state index contributed by atoms with van der Waals surface area (Å²) in [6.45, 7) is 4.58. The van der Waals surface area contributed by atoms with Gasteiger partial charge in [-0.25, -0.2) is 0 Å². The fourth-order valence-corrected chi connectivity index (χ4v) is 7.09. The summed E-state index contributed by atoms with van der Waals surface area (Å²) in [6.07, 6.45) is 49.5. The summed E-state index contributed by atoms with van der Waals surface area (Å²) in [5.41, 5.74) is 0. The summed E-state index contributed by atoms with van der Waals surface area (Å²) in [7, 11) is 0. The van der Waals surface area contributed by atoms with Gasteiger partial charge < -0.3 is 9.84 Å². The maximum absolute atomic E-state index is 12.2. The van der Waals surface area contributed by atoms with Crippen LogP contribution >= 0.6 is 0 Å². The summed E-state index contributed by atoms with van der Waals surface area (Å²) in [4.78, 5) is 23.1. The average Bonchev–Trinajstić information content (AvgIpc) is 3.08. The van der Waals surface area contributed by atoms with Crippen LogP contribution in [0.2, 0.25) is 0 Å². The molecule has 0 bridgehead atoms. The lowest BCUT2D eigenvalue weighted by Crippen LogP contribution is -2.19. The highest BCUT2D eigenvalue weighted by Gasteiger charge is 2.15. The van der Waals surface area contributed by atoms with Gasteiger partial charge in [0.25, 0.3) is 0 Å². The Balaban J connectivity index is 3.76. The molecule has 0 aromatic rings. The van der Waals surface area contributed by atoms with E-state index in [1.807, 2.05) is 0 Å². The first-order valence-electron chi connectivity index (χ1n) is 22.0. The summed E-state index contributed by atoms with van der Waals surface area (Å²) >= 11 is 0. The quantitative estimate of drug-likeness (QED) is 0.0516. The molecule has 0 rings (SSSR count). The van der Waals surface area contributed by atoms with E-state index in [0.29, 0.717) is 0 Å². The Bertz CT molecular complexity index is 648. The van der Waals surface area contributed by atoms with E-state index in [1.165, 1.54) is 212 Å². The molecule has 0 amide bonds. The summed E-state index contributed by atoms with van der Waals surface area (Å²) in [6, 6.07) is 0. The smallest absolute Gasteiger partial charge is 0.306 e. The third kappa shape index (κ3) is 39.4. The molecule has 1 atom stereocenters. The summed E-state index contributed by atoms with van der Waals surface area (Å²) in [5, 5.41) is 8.93. The second-order valence-corrected chi connectivity index (χ2v) is 15.3. The first kappa shape index (κ1) is 46.9.